The van der Waals surface area contributed by atoms with Gasteiger partial charge in [0.25, 0.3) is 5.65 Å². The summed E-state index contributed by atoms with van der Waals surface area (Å²) in [6.45, 7) is 31.6. The summed E-state index contributed by atoms with van der Waals surface area (Å²) in [5.74, 6) is 0.743. The van der Waals surface area contributed by atoms with E-state index < -0.39 is 0 Å². The van der Waals surface area contributed by atoms with Crippen molar-refractivity contribution in [2.75, 3.05) is 0 Å². The first-order valence-corrected chi connectivity index (χ1v) is 18.0. The number of rotatable bonds is 4. The fraction of sp³-hybridized carbons (Fsp3) is 0.400. The highest BCUT2D eigenvalue weighted by molar-refractivity contribution is 6.14. The second kappa shape index (κ2) is 12.6. The number of fused-ring (bicyclic) bond motifs is 3. The van der Waals surface area contributed by atoms with E-state index in [1.165, 1.54) is 77.5 Å². The van der Waals surface area contributed by atoms with Gasteiger partial charge in [-0.1, -0.05) is 130 Å². The van der Waals surface area contributed by atoms with Crippen LogP contribution in [0.4, 0.5) is 0 Å². The molecule has 246 valence electrons. The number of aromatic nitrogens is 2. The zero-order valence-corrected chi connectivity index (χ0v) is 31.6. The maximum atomic E-state index is 2.62. The van der Waals surface area contributed by atoms with Gasteiger partial charge in [0.05, 0.1) is 5.39 Å². The maximum Gasteiger partial charge on any atom is 0.296 e. The Morgan fingerprint density at radius 3 is 1.79 bits per heavy atom. The van der Waals surface area contributed by atoms with Gasteiger partial charge < -0.3 is 0 Å². The lowest BCUT2D eigenvalue weighted by Gasteiger charge is -2.42. The van der Waals surface area contributed by atoms with Gasteiger partial charge in [-0.25, -0.2) is 4.57 Å². The smallest absolute Gasteiger partial charge is 0.223 e. The Hall–Kier alpha value is -3.91. The number of imidazole rings is 1. The highest BCUT2D eigenvalue weighted by Gasteiger charge is 2.51. The Balaban J connectivity index is 0.00000105. The summed E-state index contributed by atoms with van der Waals surface area (Å²) in [5.41, 5.74) is 14.6. The number of nitrogens with zero attached hydrogens (tertiary/aromatic N) is 2. The Kier molecular flexibility index (Phi) is 9.23. The average molecular weight is 626 g/mol. The number of aryl methyl sites for hydroxylation is 2. The van der Waals surface area contributed by atoms with Gasteiger partial charge in [-0.3, -0.25) is 0 Å². The van der Waals surface area contributed by atoms with Crippen molar-refractivity contribution in [3.05, 3.63) is 107 Å². The van der Waals surface area contributed by atoms with Crippen molar-refractivity contribution in [1.29, 1.82) is 0 Å². The van der Waals surface area contributed by atoms with Crippen LogP contribution >= 0.6 is 0 Å². The minimum Gasteiger partial charge on any atom is -0.223 e. The van der Waals surface area contributed by atoms with Gasteiger partial charge >= 0.3 is 0 Å². The molecule has 3 heterocycles. The molecule has 0 spiro atoms. The Morgan fingerprint density at radius 1 is 0.638 bits per heavy atom. The fourth-order valence-electron chi connectivity index (χ4n) is 7.60. The molecule has 2 heteroatoms. The molecule has 0 radical (unpaired) electrons. The minimum absolute atomic E-state index is 0.0599. The number of benzene rings is 4. The lowest BCUT2D eigenvalue weighted by atomic mass is 9.66. The third-order valence-electron chi connectivity index (χ3n) is 11.0. The van der Waals surface area contributed by atoms with Crippen molar-refractivity contribution < 1.29 is 4.57 Å². The van der Waals surface area contributed by atoms with E-state index in [4.69, 9.17) is 0 Å². The van der Waals surface area contributed by atoms with Crippen LogP contribution < -0.4 is 4.57 Å². The molecule has 0 aliphatic carbocycles. The molecular formula is C45H57N2+. The molecule has 6 aromatic rings. The molecule has 2 nitrogen and oxygen atoms in total. The number of hydrogen-bond donors (Lipinski definition) is 0. The minimum atomic E-state index is -0.134. The van der Waals surface area contributed by atoms with Gasteiger partial charge in [-0.05, 0) is 90.6 Å². The molecule has 7 rings (SSSR count). The third-order valence-corrected chi connectivity index (χ3v) is 11.0. The largest absolute Gasteiger partial charge is 0.296 e. The normalized spacial score (nSPS) is 14.5. The Labute approximate surface area is 284 Å². The lowest BCUT2D eigenvalue weighted by Crippen LogP contribution is -2.63. The molecule has 0 amide bonds. The van der Waals surface area contributed by atoms with E-state index in [9.17, 15) is 0 Å². The van der Waals surface area contributed by atoms with Crippen LogP contribution in [-0.4, -0.2) is 4.40 Å². The summed E-state index contributed by atoms with van der Waals surface area (Å²) >= 11 is 0. The summed E-state index contributed by atoms with van der Waals surface area (Å²) in [4.78, 5) is 0. The average Bonchev–Trinajstić information content (AvgIpc) is 3.48. The molecule has 1 aliphatic heterocycles. The van der Waals surface area contributed by atoms with E-state index in [2.05, 4.69) is 157 Å². The molecule has 1 aliphatic rings. The van der Waals surface area contributed by atoms with Gasteiger partial charge in [0.2, 0.25) is 0 Å². The monoisotopic (exact) mass is 625 g/mol. The summed E-state index contributed by atoms with van der Waals surface area (Å²) in [6, 6.07) is 27.7. The molecule has 0 fully saturated rings. The van der Waals surface area contributed by atoms with Crippen LogP contribution in [0.25, 0.3) is 49.7 Å². The van der Waals surface area contributed by atoms with Crippen molar-refractivity contribution in [2.24, 2.45) is 0 Å². The zero-order chi connectivity index (χ0) is 34.6. The van der Waals surface area contributed by atoms with E-state index in [0.717, 1.165) is 0 Å². The Bertz CT molecular complexity index is 2060. The van der Waals surface area contributed by atoms with Gasteiger partial charge in [-0.15, -0.1) is 0 Å². The lowest BCUT2D eigenvalue weighted by molar-refractivity contribution is -0.744. The predicted octanol–water partition coefficient (Wildman–Crippen LogP) is 12.8. The van der Waals surface area contributed by atoms with E-state index >= 15 is 0 Å². The topological polar surface area (TPSA) is 8.29 Å². The molecule has 0 saturated heterocycles. The number of hydrogen-bond acceptors (Lipinski definition) is 0. The van der Waals surface area contributed by atoms with E-state index in [1.807, 2.05) is 27.7 Å². The van der Waals surface area contributed by atoms with Crippen LogP contribution in [0, 0.1) is 13.8 Å². The second-order valence-corrected chi connectivity index (χ2v) is 14.6. The SMILES string of the molecule is CC.CC.Cc1cc2c3cccc4c3c3n(c(-c5c(C(C)C)cc(-c6ccccc6)cc5C(C)C)c[n+]3C(C)(C)C4(C)C)c2cc1C. The van der Waals surface area contributed by atoms with E-state index in [0.29, 0.717) is 11.8 Å². The van der Waals surface area contributed by atoms with Crippen molar-refractivity contribution >= 4 is 27.3 Å². The van der Waals surface area contributed by atoms with Gasteiger partial charge in [-0.2, -0.15) is 4.40 Å². The molecule has 47 heavy (non-hydrogen) atoms. The third kappa shape index (κ3) is 5.11. The van der Waals surface area contributed by atoms with Gasteiger partial charge in [0.15, 0.2) is 5.69 Å². The van der Waals surface area contributed by atoms with Crippen LogP contribution in [0.2, 0.25) is 0 Å². The first-order valence-electron chi connectivity index (χ1n) is 18.0. The molecule has 4 aromatic carbocycles. The molecular weight excluding hydrogens is 569 g/mol. The summed E-state index contributed by atoms with van der Waals surface area (Å²) in [7, 11) is 0. The van der Waals surface area contributed by atoms with Crippen molar-refractivity contribution in [2.45, 2.75) is 120 Å². The van der Waals surface area contributed by atoms with Crippen molar-refractivity contribution in [1.82, 2.24) is 4.40 Å². The molecule has 0 unspecified atom stereocenters. The summed E-state index contributed by atoms with van der Waals surface area (Å²) in [6.07, 6.45) is 2.50. The highest BCUT2D eigenvalue weighted by Crippen LogP contribution is 2.49. The van der Waals surface area contributed by atoms with Crippen LogP contribution in [0.3, 0.4) is 0 Å². The van der Waals surface area contributed by atoms with Crippen LogP contribution in [-0.2, 0) is 11.0 Å². The molecule has 2 aromatic heterocycles. The Morgan fingerprint density at radius 2 is 1.21 bits per heavy atom. The maximum absolute atomic E-state index is 2.62. The summed E-state index contributed by atoms with van der Waals surface area (Å²) < 4.78 is 5.24. The van der Waals surface area contributed by atoms with Crippen LogP contribution in [0.5, 0.6) is 0 Å². The molecule has 0 atom stereocenters. The van der Waals surface area contributed by atoms with E-state index in [1.54, 1.807) is 0 Å². The van der Waals surface area contributed by atoms with Gasteiger partial charge in [0, 0.05) is 21.8 Å². The van der Waals surface area contributed by atoms with Crippen LogP contribution in [0.1, 0.15) is 123 Å². The fourth-order valence-corrected chi connectivity index (χ4v) is 7.60. The molecule has 0 saturated carbocycles. The first-order chi connectivity index (χ1) is 22.3. The summed E-state index contributed by atoms with van der Waals surface area (Å²) in [5, 5.41) is 4.09. The first kappa shape index (κ1) is 34.4. The van der Waals surface area contributed by atoms with Crippen molar-refractivity contribution in [3.8, 4) is 22.4 Å². The van der Waals surface area contributed by atoms with Crippen LogP contribution in [0.15, 0.2) is 79.0 Å². The van der Waals surface area contributed by atoms with Gasteiger partial charge in [0.1, 0.15) is 17.3 Å². The standard InChI is InChI=1S/C41H45N2.2C2H6/c1-24(2)31-21-29(28-15-12-11-13-16-28)22-32(25(3)4)37(31)36-23-42-39-38-30(17-14-18-34(38)40(7,8)41(42,9)10)33-19-26(5)27(6)20-35(33)43(36)39;2*1-2/h11-25H,1-10H3;2*1-2H3/q+1;;. The van der Waals surface area contributed by atoms with E-state index in [-0.39, 0.29) is 11.0 Å². The van der Waals surface area contributed by atoms with Crippen molar-refractivity contribution in [3.63, 3.8) is 0 Å². The quantitative estimate of drug-likeness (QED) is 0.136. The second-order valence-electron chi connectivity index (χ2n) is 14.6. The number of pyridine rings is 1. The highest BCUT2D eigenvalue weighted by atomic mass is 15.2. The molecule has 0 bridgehead atoms. The predicted molar refractivity (Wildman–Crippen MR) is 206 cm³/mol. The molecule has 0 N–H and O–H groups in total. The zero-order valence-electron chi connectivity index (χ0n) is 31.6.